The van der Waals surface area contributed by atoms with Crippen molar-refractivity contribution in [3.8, 4) is 0 Å². The monoisotopic (exact) mass is 359 g/mol. The van der Waals surface area contributed by atoms with Crippen LogP contribution in [0.5, 0.6) is 0 Å². The maximum Gasteiger partial charge on any atom is 0.270 e. The van der Waals surface area contributed by atoms with Gasteiger partial charge in [-0.1, -0.05) is 20.3 Å². The smallest absolute Gasteiger partial charge is 0.270 e. The molecule has 0 radical (unpaired) electrons. The van der Waals surface area contributed by atoms with Gasteiger partial charge in [0.25, 0.3) is 5.91 Å². The highest BCUT2D eigenvalue weighted by molar-refractivity contribution is 5.96. The lowest BCUT2D eigenvalue weighted by molar-refractivity contribution is 0.0940. The number of fused-ring (bicyclic) bond motifs is 1. The van der Waals surface area contributed by atoms with Crippen molar-refractivity contribution >= 4 is 11.7 Å². The highest BCUT2D eigenvalue weighted by Crippen LogP contribution is 2.25. The molecule has 1 atom stereocenters. The lowest BCUT2D eigenvalue weighted by Crippen LogP contribution is -2.44. The first-order chi connectivity index (χ1) is 12.5. The summed E-state index contributed by atoms with van der Waals surface area (Å²) < 4.78 is 0. The van der Waals surface area contributed by atoms with E-state index in [9.17, 15) is 4.79 Å². The van der Waals surface area contributed by atoms with Crippen LogP contribution in [-0.2, 0) is 6.42 Å². The van der Waals surface area contributed by atoms with E-state index in [0.29, 0.717) is 24.3 Å². The first-order valence-electron chi connectivity index (χ1n) is 10.2. The van der Waals surface area contributed by atoms with Gasteiger partial charge in [-0.25, -0.2) is 9.97 Å². The zero-order valence-corrected chi connectivity index (χ0v) is 16.6. The average Bonchev–Trinajstić information content (AvgIpc) is 2.62. The Balaban J connectivity index is 1.72. The van der Waals surface area contributed by atoms with Crippen molar-refractivity contribution < 1.29 is 4.79 Å². The second-order valence-electron chi connectivity index (χ2n) is 8.11. The van der Waals surface area contributed by atoms with Crippen molar-refractivity contribution in [2.75, 3.05) is 25.0 Å². The Labute approximate surface area is 157 Å². The van der Waals surface area contributed by atoms with E-state index >= 15 is 0 Å². The zero-order chi connectivity index (χ0) is 18.7. The van der Waals surface area contributed by atoms with Crippen molar-refractivity contribution in [2.45, 2.75) is 77.8 Å². The highest BCUT2D eigenvalue weighted by Gasteiger charge is 2.26. The SMILES string of the molecule is CC(C)c1nc(NCCC2CCCCN2C(C)C)c2c(n1)C(=O)NCC2. The highest BCUT2D eigenvalue weighted by atomic mass is 16.1. The van der Waals surface area contributed by atoms with Crippen LogP contribution >= 0.6 is 0 Å². The molecule has 1 saturated heterocycles. The molecule has 1 unspecified atom stereocenters. The summed E-state index contributed by atoms with van der Waals surface area (Å²) >= 11 is 0. The number of carbonyl (C=O) groups is 1. The third kappa shape index (κ3) is 4.17. The molecule has 6 heteroatoms. The van der Waals surface area contributed by atoms with E-state index in [2.05, 4.69) is 48.2 Å². The number of carbonyl (C=O) groups excluding carboxylic acids is 1. The van der Waals surface area contributed by atoms with Crippen molar-refractivity contribution in [2.24, 2.45) is 0 Å². The molecule has 3 rings (SSSR count). The first kappa shape index (κ1) is 19.1. The predicted molar refractivity (Wildman–Crippen MR) is 105 cm³/mol. The average molecular weight is 360 g/mol. The number of hydrogen-bond donors (Lipinski definition) is 2. The molecule has 1 fully saturated rings. The van der Waals surface area contributed by atoms with E-state index in [4.69, 9.17) is 4.98 Å². The molecule has 2 aliphatic heterocycles. The zero-order valence-electron chi connectivity index (χ0n) is 16.6. The summed E-state index contributed by atoms with van der Waals surface area (Å²) in [4.78, 5) is 24.1. The van der Waals surface area contributed by atoms with Crippen molar-refractivity contribution in [1.29, 1.82) is 0 Å². The molecule has 0 aliphatic carbocycles. The third-order valence-corrected chi connectivity index (χ3v) is 5.52. The number of hydrogen-bond acceptors (Lipinski definition) is 5. The number of rotatable bonds is 6. The molecule has 1 amide bonds. The number of nitrogens with one attached hydrogen (secondary N) is 2. The van der Waals surface area contributed by atoms with Crippen LogP contribution in [0.2, 0.25) is 0 Å². The van der Waals surface area contributed by atoms with Crippen LogP contribution in [0.15, 0.2) is 0 Å². The van der Waals surface area contributed by atoms with Crippen LogP contribution in [0, 0.1) is 0 Å². The Morgan fingerprint density at radius 2 is 2.04 bits per heavy atom. The van der Waals surface area contributed by atoms with Crippen LogP contribution in [-0.4, -0.2) is 52.5 Å². The summed E-state index contributed by atoms with van der Waals surface area (Å²) in [5.74, 6) is 1.73. The molecule has 1 aromatic rings. The number of amides is 1. The quantitative estimate of drug-likeness (QED) is 0.817. The van der Waals surface area contributed by atoms with Gasteiger partial charge < -0.3 is 10.6 Å². The molecule has 6 nitrogen and oxygen atoms in total. The molecule has 3 heterocycles. The minimum absolute atomic E-state index is 0.0723. The number of likely N-dealkylation sites (tertiary alicyclic amines) is 1. The van der Waals surface area contributed by atoms with Gasteiger partial charge in [-0.05, 0) is 46.1 Å². The number of aromatic nitrogens is 2. The minimum atomic E-state index is -0.0723. The standard InChI is InChI=1S/C20H33N5O/c1-13(2)18-23-17-16(9-11-22-20(17)26)19(24-18)21-10-8-15-7-5-6-12-25(15)14(3)4/h13-15H,5-12H2,1-4H3,(H,22,26)(H,21,23,24). The summed E-state index contributed by atoms with van der Waals surface area (Å²) in [7, 11) is 0. The molecule has 2 aliphatic rings. The normalized spacial score (nSPS) is 21.0. The van der Waals surface area contributed by atoms with Gasteiger partial charge in [-0.15, -0.1) is 0 Å². The van der Waals surface area contributed by atoms with Gasteiger partial charge in [0.05, 0.1) is 0 Å². The van der Waals surface area contributed by atoms with E-state index in [1.807, 2.05) is 0 Å². The van der Waals surface area contributed by atoms with E-state index in [-0.39, 0.29) is 11.8 Å². The summed E-state index contributed by atoms with van der Waals surface area (Å²) in [5.41, 5.74) is 1.53. The van der Waals surface area contributed by atoms with Crippen molar-refractivity contribution in [3.63, 3.8) is 0 Å². The Morgan fingerprint density at radius 3 is 2.77 bits per heavy atom. The molecule has 2 N–H and O–H groups in total. The van der Waals surface area contributed by atoms with Crippen LogP contribution in [0.4, 0.5) is 5.82 Å². The summed E-state index contributed by atoms with van der Waals surface area (Å²) in [6, 6.07) is 1.24. The maximum atomic E-state index is 12.2. The van der Waals surface area contributed by atoms with E-state index in [1.54, 1.807) is 0 Å². The van der Waals surface area contributed by atoms with Crippen LogP contribution in [0.3, 0.4) is 0 Å². The Kier molecular flexibility index (Phi) is 6.12. The van der Waals surface area contributed by atoms with Gasteiger partial charge in [-0.3, -0.25) is 9.69 Å². The number of piperidine rings is 1. The van der Waals surface area contributed by atoms with Gasteiger partial charge in [0.1, 0.15) is 17.3 Å². The Bertz CT molecular complexity index is 643. The van der Waals surface area contributed by atoms with Crippen LogP contribution in [0.1, 0.15) is 81.2 Å². The van der Waals surface area contributed by atoms with E-state index in [0.717, 1.165) is 36.6 Å². The fourth-order valence-corrected chi connectivity index (χ4v) is 4.08. The minimum Gasteiger partial charge on any atom is -0.370 e. The molecular weight excluding hydrogens is 326 g/mol. The molecule has 0 bridgehead atoms. The van der Waals surface area contributed by atoms with Crippen molar-refractivity contribution in [1.82, 2.24) is 20.2 Å². The molecule has 0 aromatic carbocycles. The van der Waals surface area contributed by atoms with Gasteiger partial charge >= 0.3 is 0 Å². The molecule has 26 heavy (non-hydrogen) atoms. The number of nitrogens with zero attached hydrogens (tertiary/aromatic N) is 3. The van der Waals surface area contributed by atoms with E-state index in [1.165, 1.54) is 25.8 Å². The Morgan fingerprint density at radius 1 is 1.23 bits per heavy atom. The topological polar surface area (TPSA) is 70.2 Å². The maximum absolute atomic E-state index is 12.2. The lowest BCUT2D eigenvalue weighted by atomic mass is 9.97. The molecule has 1 aromatic heterocycles. The fourth-order valence-electron chi connectivity index (χ4n) is 4.08. The summed E-state index contributed by atoms with van der Waals surface area (Å²) in [6.07, 6.45) is 5.83. The molecule has 0 saturated carbocycles. The van der Waals surface area contributed by atoms with Gasteiger partial charge in [-0.2, -0.15) is 0 Å². The largest absolute Gasteiger partial charge is 0.370 e. The molecule has 0 spiro atoms. The molecule has 144 valence electrons. The van der Waals surface area contributed by atoms with Crippen LogP contribution < -0.4 is 10.6 Å². The lowest BCUT2D eigenvalue weighted by Gasteiger charge is -2.38. The van der Waals surface area contributed by atoms with Crippen molar-refractivity contribution in [3.05, 3.63) is 17.1 Å². The fraction of sp³-hybridized carbons (Fsp3) is 0.750. The van der Waals surface area contributed by atoms with E-state index < -0.39 is 0 Å². The van der Waals surface area contributed by atoms with Gasteiger partial charge in [0.2, 0.25) is 0 Å². The summed E-state index contributed by atoms with van der Waals surface area (Å²) in [6.45, 7) is 11.5. The third-order valence-electron chi connectivity index (χ3n) is 5.52. The second-order valence-corrected chi connectivity index (χ2v) is 8.11. The number of anilines is 1. The van der Waals surface area contributed by atoms with Gasteiger partial charge in [0.15, 0.2) is 0 Å². The van der Waals surface area contributed by atoms with Crippen LogP contribution in [0.25, 0.3) is 0 Å². The first-order valence-corrected chi connectivity index (χ1v) is 10.2. The summed E-state index contributed by atoms with van der Waals surface area (Å²) in [5, 5.41) is 6.43. The predicted octanol–water partition coefficient (Wildman–Crippen LogP) is 2.95. The second kappa shape index (κ2) is 8.33. The molecular formula is C20H33N5O. The van der Waals surface area contributed by atoms with Gasteiger partial charge in [0, 0.05) is 36.7 Å². The Hall–Kier alpha value is -1.69.